The van der Waals surface area contributed by atoms with E-state index in [1.54, 1.807) is 9.36 Å². The minimum Gasteiger partial charge on any atom is -0.295 e. The molecule has 2 aromatic heterocycles. The van der Waals surface area contributed by atoms with Crippen molar-refractivity contribution in [3.63, 3.8) is 0 Å². The molecule has 2 heterocycles. The second kappa shape index (κ2) is 9.28. The summed E-state index contributed by atoms with van der Waals surface area (Å²) in [5, 5.41) is 6.57. The summed E-state index contributed by atoms with van der Waals surface area (Å²) >= 11 is 0. The first-order valence-electron chi connectivity index (χ1n) is 12.5. The molecule has 188 valence electrons. The van der Waals surface area contributed by atoms with E-state index in [0.717, 1.165) is 50.6 Å². The second-order valence-electron chi connectivity index (χ2n) is 10.0. The molecule has 6 heteroatoms. The van der Waals surface area contributed by atoms with Crippen molar-refractivity contribution in [3.8, 4) is 11.4 Å². The van der Waals surface area contributed by atoms with Gasteiger partial charge in [0.05, 0.1) is 22.5 Å². The van der Waals surface area contributed by atoms with Crippen LogP contribution in [-0.4, -0.2) is 19.6 Å². The summed E-state index contributed by atoms with van der Waals surface area (Å²) in [6, 6.07) is 21.8. The van der Waals surface area contributed by atoms with E-state index in [1.165, 1.54) is 0 Å². The molecule has 0 aliphatic heterocycles. The number of hydrogen-bond acceptors (Lipinski definition) is 2. The third-order valence-corrected chi connectivity index (χ3v) is 7.13. The number of rotatable bonds is 5. The molecule has 3 aromatic carbocycles. The van der Waals surface area contributed by atoms with Crippen LogP contribution in [0.3, 0.4) is 0 Å². The second-order valence-corrected chi connectivity index (χ2v) is 10.0. The molecule has 0 aliphatic rings. The van der Waals surface area contributed by atoms with Gasteiger partial charge in [0.2, 0.25) is 0 Å². The maximum Gasteiger partial charge on any atom is 0.275 e. The topological polar surface area (TPSA) is 75.6 Å². The first kappa shape index (κ1) is 24.4. The SMILES string of the molecule is Cc1ccc(-n2[nH]c(C)c(C(c3ccccc3)c3c(C)[nH]n(-c4ccc(C)cc4C)c3=O)c2=O)c(C)c1. The summed E-state index contributed by atoms with van der Waals surface area (Å²) in [6.07, 6.45) is 0. The lowest BCUT2D eigenvalue weighted by Crippen LogP contribution is -2.25. The summed E-state index contributed by atoms with van der Waals surface area (Å²) in [5.74, 6) is -0.535. The summed E-state index contributed by atoms with van der Waals surface area (Å²) in [7, 11) is 0. The molecule has 5 rings (SSSR count). The smallest absolute Gasteiger partial charge is 0.275 e. The molecule has 0 amide bonds. The largest absolute Gasteiger partial charge is 0.295 e. The van der Waals surface area contributed by atoms with Gasteiger partial charge in [0, 0.05) is 17.3 Å². The van der Waals surface area contributed by atoms with Crippen LogP contribution < -0.4 is 11.1 Å². The van der Waals surface area contributed by atoms with E-state index in [4.69, 9.17) is 0 Å². The lowest BCUT2D eigenvalue weighted by atomic mass is 9.85. The monoisotopic (exact) mass is 492 g/mol. The van der Waals surface area contributed by atoms with Gasteiger partial charge < -0.3 is 0 Å². The van der Waals surface area contributed by atoms with Crippen molar-refractivity contribution >= 4 is 0 Å². The van der Waals surface area contributed by atoms with Gasteiger partial charge in [-0.25, -0.2) is 9.36 Å². The van der Waals surface area contributed by atoms with Gasteiger partial charge in [-0.3, -0.25) is 19.8 Å². The first-order valence-corrected chi connectivity index (χ1v) is 12.5. The standard InChI is InChI=1S/C31H32N4O2/c1-18-12-14-25(20(3)16-18)34-30(36)27(22(5)32-34)29(24-10-8-7-9-11-24)28-23(6)33-35(31(28)37)26-15-13-19(2)17-21(26)4/h7-17,29,32-33H,1-6H3. The fourth-order valence-electron chi connectivity index (χ4n) is 5.37. The third-order valence-electron chi connectivity index (χ3n) is 7.13. The van der Waals surface area contributed by atoms with Crippen LogP contribution in [0.25, 0.3) is 11.4 Å². The van der Waals surface area contributed by atoms with E-state index in [9.17, 15) is 9.59 Å². The highest BCUT2D eigenvalue weighted by atomic mass is 16.1. The van der Waals surface area contributed by atoms with Gasteiger partial charge in [0.25, 0.3) is 11.1 Å². The zero-order valence-electron chi connectivity index (χ0n) is 22.1. The van der Waals surface area contributed by atoms with E-state index in [1.807, 2.05) is 96.1 Å². The molecule has 5 aromatic rings. The Balaban J connectivity index is 1.76. The lowest BCUT2D eigenvalue weighted by Gasteiger charge is -2.15. The highest BCUT2D eigenvalue weighted by molar-refractivity contribution is 5.50. The Morgan fingerprint density at radius 3 is 1.43 bits per heavy atom. The predicted octanol–water partition coefficient (Wildman–Crippen LogP) is 5.68. The fraction of sp³-hybridized carbons (Fsp3) is 0.226. The van der Waals surface area contributed by atoms with Gasteiger partial charge in [-0.15, -0.1) is 0 Å². The average molecular weight is 493 g/mol. The number of H-pyrrole nitrogens is 2. The molecular formula is C31H32N4O2. The van der Waals surface area contributed by atoms with Gasteiger partial charge in [-0.2, -0.15) is 0 Å². The summed E-state index contributed by atoms with van der Waals surface area (Å²) in [6.45, 7) is 11.9. The van der Waals surface area contributed by atoms with E-state index in [2.05, 4.69) is 22.3 Å². The molecule has 0 unspecified atom stereocenters. The van der Waals surface area contributed by atoms with Crippen molar-refractivity contribution in [2.24, 2.45) is 0 Å². The summed E-state index contributed by atoms with van der Waals surface area (Å²) < 4.78 is 3.19. The van der Waals surface area contributed by atoms with Gasteiger partial charge in [-0.1, -0.05) is 65.7 Å². The van der Waals surface area contributed by atoms with E-state index in [0.29, 0.717) is 11.1 Å². The van der Waals surface area contributed by atoms with Crippen molar-refractivity contribution < 1.29 is 0 Å². The minimum absolute atomic E-state index is 0.156. The summed E-state index contributed by atoms with van der Waals surface area (Å²) in [5.41, 5.74) is 9.05. The van der Waals surface area contributed by atoms with Gasteiger partial charge >= 0.3 is 0 Å². The molecule has 0 saturated carbocycles. The molecular weight excluding hydrogens is 460 g/mol. The Hall–Kier alpha value is -4.32. The van der Waals surface area contributed by atoms with Crippen LogP contribution in [0.4, 0.5) is 0 Å². The van der Waals surface area contributed by atoms with E-state index in [-0.39, 0.29) is 11.1 Å². The molecule has 0 atom stereocenters. The zero-order valence-corrected chi connectivity index (χ0v) is 22.1. The maximum atomic E-state index is 14.0. The van der Waals surface area contributed by atoms with Crippen LogP contribution in [0, 0.1) is 41.5 Å². The molecule has 2 N–H and O–H groups in total. The fourth-order valence-corrected chi connectivity index (χ4v) is 5.37. The third kappa shape index (κ3) is 4.18. The number of nitrogens with zero attached hydrogens (tertiary/aromatic N) is 2. The normalized spacial score (nSPS) is 11.4. The number of hydrogen-bond donors (Lipinski definition) is 2. The van der Waals surface area contributed by atoms with Crippen molar-refractivity contribution in [2.45, 2.75) is 47.5 Å². The first-order chi connectivity index (χ1) is 17.7. The molecule has 0 spiro atoms. The number of aromatic amines is 2. The van der Waals surface area contributed by atoms with Crippen molar-refractivity contribution in [2.75, 3.05) is 0 Å². The molecule has 37 heavy (non-hydrogen) atoms. The predicted molar refractivity (Wildman–Crippen MR) is 149 cm³/mol. The van der Waals surface area contributed by atoms with Crippen molar-refractivity contribution in [1.29, 1.82) is 0 Å². The van der Waals surface area contributed by atoms with Crippen molar-refractivity contribution in [3.05, 3.63) is 138 Å². The number of aryl methyl sites for hydroxylation is 6. The van der Waals surface area contributed by atoms with Crippen LogP contribution >= 0.6 is 0 Å². The number of aromatic nitrogens is 4. The lowest BCUT2D eigenvalue weighted by molar-refractivity contribution is 0.824. The van der Waals surface area contributed by atoms with Crippen LogP contribution in [-0.2, 0) is 0 Å². The minimum atomic E-state index is -0.535. The number of benzene rings is 3. The van der Waals surface area contributed by atoms with Crippen LogP contribution in [0.1, 0.15) is 56.2 Å². The molecule has 6 nitrogen and oxygen atoms in total. The molecule has 0 bridgehead atoms. The van der Waals surface area contributed by atoms with Crippen LogP contribution in [0.5, 0.6) is 0 Å². The van der Waals surface area contributed by atoms with Gasteiger partial charge in [-0.05, 0) is 70.4 Å². The molecule has 0 saturated heterocycles. The summed E-state index contributed by atoms with van der Waals surface area (Å²) in [4.78, 5) is 28.0. The van der Waals surface area contributed by atoms with Crippen LogP contribution in [0.15, 0.2) is 76.3 Å². The van der Waals surface area contributed by atoms with E-state index < -0.39 is 5.92 Å². The Labute approximate surface area is 216 Å². The van der Waals surface area contributed by atoms with E-state index >= 15 is 0 Å². The Bertz CT molecular complexity index is 1620. The maximum absolute atomic E-state index is 14.0. The van der Waals surface area contributed by atoms with Gasteiger partial charge in [0.15, 0.2) is 0 Å². The molecule has 0 aliphatic carbocycles. The quantitative estimate of drug-likeness (QED) is 0.331. The molecule has 0 fully saturated rings. The van der Waals surface area contributed by atoms with Gasteiger partial charge in [0.1, 0.15) is 0 Å². The number of nitrogens with one attached hydrogen (secondary N) is 2. The highest BCUT2D eigenvalue weighted by Crippen LogP contribution is 2.32. The molecule has 0 radical (unpaired) electrons. The van der Waals surface area contributed by atoms with Crippen LogP contribution in [0.2, 0.25) is 0 Å². The van der Waals surface area contributed by atoms with Crippen molar-refractivity contribution in [1.82, 2.24) is 19.6 Å². The zero-order chi connectivity index (χ0) is 26.4. The Kier molecular flexibility index (Phi) is 6.12. The Morgan fingerprint density at radius 1 is 0.595 bits per heavy atom. The average Bonchev–Trinajstić information content (AvgIpc) is 3.30. The highest BCUT2D eigenvalue weighted by Gasteiger charge is 2.31. The Morgan fingerprint density at radius 2 is 1.03 bits per heavy atom.